The van der Waals surface area contributed by atoms with E-state index in [0.29, 0.717) is 36.7 Å². The van der Waals surface area contributed by atoms with Crippen LogP contribution in [0.2, 0.25) is 0 Å². The van der Waals surface area contributed by atoms with Crippen molar-refractivity contribution >= 4 is 17.8 Å². The van der Waals surface area contributed by atoms with Crippen molar-refractivity contribution in [2.45, 2.75) is 39.7 Å². The fourth-order valence-electron chi connectivity index (χ4n) is 2.85. The Kier molecular flexibility index (Phi) is 8.26. The summed E-state index contributed by atoms with van der Waals surface area (Å²) < 4.78 is 10.4. The maximum atomic E-state index is 12.1. The van der Waals surface area contributed by atoms with E-state index in [-0.39, 0.29) is 24.0 Å². The Morgan fingerprint density at radius 3 is 2.89 bits per heavy atom. The molecule has 0 spiro atoms. The lowest BCUT2D eigenvalue weighted by Crippen LogP contribution is -2.37. The van der Waals surface area contributed by atoms with Crippen LogP contribution in [0.3, 0.4) is 0 Å². The van der Waals surface area contributed by atoms with E-state index in [4.69, 9.17) is 9.47 Å². The molecule has 1 atom stereocenters. The normalized spacial score (nSPS) is 19.1. The molecule has 0 aromatic heterocycles. The first kappa shape index (κ1) is 20.9. The molecule has 1 aliphatic carbocycles. The molecule has 0 aromatic carbocycles. The van der Waals surface area contributed by atoms with Crippen molar-refractivity contribution in [3.8, 4) is 0 Å². The molecule has 0 fully saturated rings. The predicted octanol–water partition coefficient (Wildman–Crippen LogP) is 1.87. The van der Waals surface area contributed by atoms with Crippen molar-refractivity contribution in [2.75, 3.05) is 26.2 Å². The topological polar surface area (TPSA) is 89.0 Å². The molecule has 0 aromatic rings. The van der Waals surface area contributed by atoms with E-state index in [2.05, 4.69) is 21.7 Å². The summed E-state index contributed by atoms with van der Waals surface area (Å²) in [4.78, 5) is 27.6. The maximum Gasteiger partial charge on any atom is 0.341 e. The molecule has 1 heterocycles. The molecule has 0 saturated heterocycles. The minimum Gasteiger partial charge on any atom is -0.459 e. The number of nitrogens with zero attached hydrogens (tertiary/aromatic N) is 1. The number of carbonyl (C=O) groups is 2. The number of nitrogens with one attached hydrogen (secondary N) is 2. The average Bonchev–Trinajstić information content (AvgIpc) is 2.61. The highest BCUT2D eigenvalue weighted by molar-refractivity contribution is 6.19. The van der Waals surface area contributed by atoms with Gasteiger partial charge >= 0.3 is 11.9 Å². The number of hydrogen-bond acceptors (Lipinski definition) is 7. The number of esters is 2. The highest BCUT2D eigenvalue weighted by Crippen LogP contribution is 2.19. The molecule has 2 N–H and O–H groups in total. The lowest BCUT2D eigenvalue weighted by atomic mass is 9.99. The van der Waals surface area contributed by atoms with Gasteiger partial charge in [0.1, 0.15) is 11.6 Å². The molecule has 27 heavy (non-hydrogen) atoms. The monoisotopic (exact) mass is 375 g/mol. The van der Waals surface area contributed by atoms with Crippen molar-refractivity contribution < 1.29 is 19.1 Å². The van der Waals surface area contributed by atoms with E-state index < -0.39 is 0 Å². The zero-order chi connectivity index (χ0) is 19.6. The first-order valence-electron chi connectivity index (χ1n) is 9.42. The number of dihydropyridines is 1. The van der Waals surface area contributed by atoms with Gasteiger partial charge in [-0.25, -0.2) is 4.79 Å². The zero-order valence-electron chi connectivity index (χ0n) is 16.3. The van der Waals surface area contributed by atoms with Gasteiger partial charge in [0.05, 0.1) is 11.7 Å². The number of hydrogen-bond donors (Lipinski definition) is 2. The summed E-state index contributed by atoms with van der Waals surface area (Å²) in [6.45, 7) is 7.89. The molecule has 7 nitrogen and oxygen atoms in total. The number of carbonyl (C=O) groups excluding carboxylic acids is 2. The number of rotatable bonds is 8. The van der Waals surface area contributed by atoms with Gasteiger partial charge in [0.25, 0.3) is 0 Å². The molecule has 1 aliphatic heterocycles. The largest absolute Gasteiger partial charge is 0.459 e. The van der Waals surface area contributed by atoms with Crippen LogP contribution in [-0.4, -0.2) is 50.1 Å². The van der Waals surface area contributed by atoms with Gasteiger partial charge < -0.3 is 20.1 Å². The van der Waals surface area contributed by atoms with E-state index in [1.165, 1.54) is 6.92 Å². The molecule has 0 radical (unpaired) electrons. The Labute approximate surface area is 160 Å². The van der Waals surface area contributed by atoms with E-state index in [9.17, 15) is 9.59 Å². The van der Waals surface area contributed by atoms with Crippen molar-refractivity contribution in [1.82, 2.24) is 10.6 Å². The number of ether oxygens (including phenoxy) is 2. The highest BCUT2D eigenvalue weighted by atomic mass is 16.5. The van der Waals surface area contributed by atoms with Gasteiger partial charge in [-0.1, -0.05) is 18.2 Å². The zero-order valence-corrected chi connectivity index (χ0v) is 16.3. The molecule has 0 bridgehead atoms. The molecule has 2 aliphatic rings. The summed E-state index contributed by atoms with van der Waals surface area (Å²) in [6, 6.07) is 0. The van der Waals surface area contributed by atoms with Crippen LogP contribution in [0.25, 0.3) is 0 Å². The molecular weight excluding hydrogens is 346 g/mol. The Bertz CT molecular complexity index is 662. The molecule has 2 rings (SSSR count). The van der Waals surface area contributed by atoms with Crippen LogP contribution in [-0.2, 0) is 19.1 Å². The quantitative estimate of drug-likeness (QED) is 0.497. The maximum absolute atomic E-state index is 12.1. The van der Waals surface area contributed by atoms with Gasteiger partial charge in [0.2, 0.25) is 0 Å². The summed E-state index contributed by atoms with van der Waals surface area (Å²) in [7, 11) is 0. The summed E-state index contributed by atoms with van der Waals surface area (Å²) >= 11 is 0. The van der Waals surface area contributed by atoms with Crippen LogP contribution < -0.4 is 10.6 Å². The third kappa shape index (κ3) is 7.38. The van der Waals surface area contributed by atoms with Crippen LogP contribution in [0.4, 0.5) is 0 Å². The van der Waals surface area contributed by atoms with Gasteiger partial charge in [-0.15, -0.1) is 0 Å². The average molecular weight is 375 g/mol. The Morgan fingerprint density at radius 2 is 2.15 bits per heavy atom. The lowest BCUT2D eigenvalue weighted by molar-refractivity contribution is -0.142. The number of aliphatic imine (C=N–C) groups is 1. The Hall–Kier alpha value is -2.41. The number of allylic oxidation sites excluding steroid dienone is 3. The Morgan fingerprint density at radius 1 is 1.33 bits per heavy atom. The summed E-state index contributed by atoms with van der Waals surface area (Å²) in [5.41, 5.74) is 0.515. The first-order valence-corrected chi connectivity index (χ1v) is 9.42. The second-order valence-electron chi connectivity index (χ2n) is 6.80. The van der Waals surface area contributed by atoms with Gasteiger partial charge in [-0.05, 0) is 32.3 Å². The first-order chi connectivity index (χ1) is 13.0. The molecule has 1 unspecified atom stereocenters. The minimum absolute atomic E-state index is 0.155. The highest BCUT2D eigenvalue weighted by Gasteiger charge is 2.20. The van der Waals surface area contributed by atoms with Crippen LogP contribution >= 0.6 is 0 Å². The second-order valence-corrected chi connectivity index (χ2v) is 6.80. The Balaban J connectivity index is 1.69. The molecular formula is C20H29N3O4. The molecule has 0 saturated carbocycles. The van der Waals surface area contributed by atoms with Crippen molar-refractivity contribution in [2.24, 2.45) is 10.9 Å². The second kappa shape index (κ2) is 10.7. The van der Waals surface area contributed by atoms with Crippen molar-refractivity contribution in [1.29, 1.82) is 0 Å². The lowest BCUT2D eigenvalue weighted by Gasteiger charge is -2.19. The van der Waals surface area contributed by atoms with Crippen LogP contribution in [0.1, 0.15) is 33.6 Å². The summed E-state index contributed by atoms with van der Waals surface area (Å²) in [6.07, 6.45) is 9.02. The minimum atomic E-state index is -0.332. The summed E-state index contributed by atoms with van der Waals surface area (Å²) in [5.74, 6) is 0.964. The van der Waals surface area contributed by atoms with Crippen molar-refractivity contribution in [3.05, 3.63) is 35.6 Å². The van der Waals surface area contributed by atoms with E-state index in [1.54, 1.807) is 0 Å². The van der Waals surface area contributed by atoms with Gasteiger partial charge in [0.15, 0.2) is 0 Å². The van der Waals surface area contributed by atoms with Crippen LogP contribution in [0.15, 0.2) is 40.6 Å². The van der Waals surface area contributed by atoms with Crippen LogP contribution in [0.5, 0.6) is 0 Å². The number of amidine groups is 1. The van der Waals surface area contributed by atoms with E-state index >= 15 is 0 Å². The van der Waals surface area contributed by atoms with E-state index in [1.807, 2.05) is 32.1 Å². The van der Waals surface area contributed by atoms with Crippen molar-refractivity contribution in [3.63, 3.8) is 0 Å². The van der Waals surface area contributed by atoms with E-state index in [0.717, 1.165) is 19.5 Å². The predicted molar refractivity (Wildman–Crippen MR) is 104 cm³/mol. The molecule has 0 amide bonds. The SMILES string of the molecule is CC(=O)OC1=CC=CC(CNCCNC2=NCCC=C2C(=O)OC(C)C)C1. The molecule has 7 heteroatoms. The fraction of sp³-hybridized carbons (Fsp3) is 0.550. The summed E-state index contributed by atoms with van der Waals surface area (Å²) in [5, 5.41) is 6.59. The van der Waals surface area contributed by atoms with Gasteiger partial charge in [-0.3, -0.25) is 9.79 Å². The third-order valence-electron chi connectivity index (χ3n) is 3.97. The fourth-order valence-corrected chi connectivity index (χ4v) is 2.85. The standard InChI is InChI=1S/C20H29N3O4/c1-14(2)26-20(25)18-8-5-9-22-19(18)23-11-10-21-13-16-6-4-7-17(12-16)27-15(3)24/h4,6-8,14,16,21H,5,9-13H2,1-3H3,(H,22,23). The molecule has 148 valence electrons. The van der Waals surface area contributed by atoms with Gasteiger partial charge in [-0.2, -0.15) is 0 Å². The third-order valence-corrected chi connectivity index (χ3v) is 3.97. The smallest absolute Gasteiger partial charge is 0.341 e. The van der Waals surface area contributed by atoms with Gasteiger partial charge in [0, 0.05) is 39.5 Å². The van der Waals surface area contributed by atoms with Crippen LogP contribution in [0, 0.1) is 5.92 Å².